The van der Waals surface area contributed by atoms with Crippen LogP contribution in [0.15, 0.2) is 35.3 Å². The van der Waals surface area contributed by atoms with Gasteiger partial charge in [-0.2, -0.15) is 4.98 Å². The maximum absolute atomic E-state index is 12.2. The second-order valence-electron chi connectivity index (χ2n) is 5.67. The fraction of sp³-hybridized carbons (Fsp3) is 0.500. The molecule has 0 radical (unpaired) electrons. The summed E-state index contributed by atoms with van der Waals surface area (Å²) in [7, 11) is 0. The highest BCUT2D eigenvalue weighted by Gasteiger charge is 2.17. The van der Waals surface area contributed by atoms with Gasteiger partial charge < -0.3 is 5.32 Å². The van der Waals surface area contributed by atoms with Gasteiger partial charge in [0.15, 0.2) is 0 Å². The molecule has 0 fully saturated rings. The molecule has 6 nitrogen and oxygen atoms in total. The zero-order valence-corrected chi connectivity index (χ0v) is 14.1. The van der Waals surface area contributed by atoms with Crippen molar-refractivity contribution in [1.29, 1.82) is 0 Å². The molecule has 0 bridgehead atoms. The third-order valence-corrected chi connectivity index (χ3v) is 4.83. The first-order valence-corrected chi connectivity index (χ1v) is 8.90. The number of fused-ring (bicyclic) bond motifs is 1. The number of hydrogen-bond donors (Lipinski definition) is 1. The van der Waals surface area contributed by atoms with E-state index in [2.05, 4.69) is 26.5 Å². The third kappa shape index (κ3) is 4.31. The number of aromatic nitrogens is 4. The van der Waals surface area contributed by atoms with Gasteiger partial charge in [-0.1, -0.05) is 23.4 Å². The lowest BCUT2D eigenvalue weighted by Gasteiger charge is -2.14. The minimum absolute atomic E-state index is 0.0261. The maximum atomic E-state index is 12.2. The van der Waals surface area contributed by atoms with Crippen molar-refractivity contribution in [3.8, 4) is 0 Å². The van der Waals surface area contributed by atoms with E-state index in [-0.39, 0.29) is 11.2 Å². The molecule has 1 unspecified atom stereocenters. The van der Waals surface area contributed by atoms with Crippen molar-refractivity contribution in [3.63, 3.8) is 0 Å². The molecule has 2 aromatic heterocycles. The number of nitrogens with zero attached hydrogens (tertiary/aromatic N) is 4. The van der Waals surface area contributed by atoms with Crippen molar-refractivity contribution in [2.24, 2.45) is 0 Å². The first kappa shape index (κ1) is 16.0. The first-order chi connectivity index (χ1) is 11.2. The Kier molecular flexibility index (Phi) is 5.27. The molecular weight excluding hydrogens is 310 g/mol. The summed E-state index contributed by atoms with van der Waals surface area (Å²) in [5.74, 6) is 0.574. The number of rotatable bonds is 6. The molecule has 7 heteroatoms. The van der Waals surface area contributed by atoms with Gasteiger partial charge in [0, 0.05) is 18.9 Å². The molecule has 2 aromatic rings. The minimum atomic E-state index is -0.229. The van der Waals surface area contributed by atoms with Crippen LogP contribution in [0.5, 0.6) is 0 Å². The van der Waals surface area contributed by atoms with Crippen LogP contribution in [0.3, 0.4) is 0 Å². The van der Waals surface area contributed by atoms with E-state index >= 15 is 0 Å². The van der Waals surface area contributed by atoms with E-state index in [0.717, 1.165) is 6.42 Å². The lowest BCUT2D eigenvalue weighted by atomic mass is 9.97. The molecule has 1 aliphatic carbocycles. The third-order valence-electron chi connectivity index (χ3n) is 3.88. The molecule has 3 rings (SSSR count). The molecule has 23 heavy (non-hydrogen) atoms. The predicted octanol–water partition coefficient (Wildman–Crippen LogP) is 2.61. The number of amides is 1. The molecule has 0 aromatic carbocycles. The molecule has 1 amide bonds. The van der Waals surface area contributed by atoms with Crippen molar-refractivity contribution in [1.82, 2.24) is 24.9 Å². The molecule has 0 saturated heterocycles. The van der Waals surface area contributed by atoms with Crippen molar-refractivity contribution >= 4 is 23.4 Å². The largest absolute Gasteiger partial charge is 0.355 e. The van der Waals surface area contributed by atoms with E-state index in [0.29, 0.717) is 17.5 Å². The molecule has 1 N–H and O–H groups in total. The lowest BCUT2D eigenvalue weighted by molar-refractivity contribution is -0.120. The standard InChI is InChI=1S/C16H21N5OS/c1-12(14(22)17-10-8-13-6-3-2-4-7-13)23-16-19-15-18-9-5-11-21(15)20-16/h5-6,9,11-12H,2-4,7-8,10H2,1H3,(H,17,22). The Labute approximate surface area is 139 Å². The molecule has 0 aliphatic heterocycles. The van der Waals surface area contributed by atoms with E-state index in [1.165, 1.54) is 43.0 Å². The van der Waals surface area contributed by atoms with E-state index in [9.17, 15) is 4.79 Å². The van der Waals surface area contributed by atoms with E-state index in [1.54, 1.807) is 23.0 Å². The monoisotopic (exact) mass is 331 g/mol. The molecule has 0 saturated carbocycles. The molecular formula is C16H21N5OS. The van der Waals surface area contributed by atoms with Crippen molar-refractivity contribution in [3.05, 3.63) is 30.1 Å². The highest BCUT2D eigenvalue weighted by Crippen LogP contribution is 2.21. The van der Waals surface area contributed by atoms with Crippen LogP contribution >= 0.6 is 11.8 Å². The summed E-state index contributed by atoms with van der Waals surface area (Å²) in [6, 6.07) is 1.80. The first-order valence-electron chi connectivity index (χ1n) is 8.02. The number of allylic oxidation sites excluding steroid dienone is 1. The summed E-state index contributed by atoms with van der Waals surface area (Å²) in [6.45, 7) is 2.58. The van der Waals surface area contributed by atoms with Crippen LogP contribution in [0.4, 0.5) is 0 Å². The van der Waals surface area contributed by atoms with Gasteiger partial charge in [-0.25, -0.2) is 9.50 Å². The zero-order valence-electron chi connectivity index (χ0n) is 13.2. The van der Waals surface area contributed by atoms with Gasteiger partial charge in [-0.05, 0) is 45.1 Å². The highest BCUT2D eigenvalue weighted by atomic mass is 32.2. The summed E-state index contributed by atoms with van der Waals surface area (Å²) < 4.78 is 1.61. The van der Waals surface area contributed by atoms with Gasteiger partial charge in [-0.3, -0.25) is 4.79 Å². The normalized spacial score (nSPS) is 16.1. The molecule has 1 atom stereocenters. The fourth-order valence-corrected chi connectivity index (χ4v) is 3.37. The average molecular weight is 331 g/mol. The quantitative estimate of drug-likeness (QED) is 0.651. The van der Waals surface area contributed by atoms with Crippen LogP contribution in [0.1, 0.15) is 39.0 Å². The van der Waals surface area contributed by atoms with Gasteiger partial charge >= 0.3 is 0 Å². The van der Waals surface area contributed by atoms with Crippen LogP contribution < -0.4 is 5.32 Å². The van der Waals surface area contributed by atoms with Crippen LogP contribution in [0, 0.1) is 0 Å². The van der Waals surface area contributed by atoms with Crippen molar-refractivity contribution in [2.75, 3.05) is 6.54 Å². The Hall–Kier alpha value is -1.89. The Balaban J connectivity index is 1.48. The minimum Gasteiger partial charge on any atom is -0.355 e. The molecule has 0 spiro atoms. The predicted molar refractivity (Wildman–Crippen MR) is 90.3 cm³/mol. The maximum Gasteiger partial charge on any atom is 0.253 e. The summed E-state index contributed by atoms with van der Waals surface area (Å²) in [5.41, 5.74) is 1.48. The van der Waals surface area contributed by atoms with E-state index in [1.807, 2.05) is 6.92 Å². The Morgan fingerprint density at radius 2 is 2.39 bits per heavy atom. The average Bonchev–Trinajstić information content (AvgIpc) is 2.98. The van der Waals surface area contributed by atoms with E-state index < -0.39 is 0 Å². The number of hydrogen-bond acceptors (Lipinski definition) is 5. The Morgan fingerprint density at radius 3 is 3.17 bits per heavy atom. The Bertz CT molecular complexity index is 678. The second-order valence-corrected chi connectivity index (χ2v) is 6.98. The summed E-state index contributed by atoms with van der Waals surface area (Å²) in [4.78, 5) is 20.6. The molecule has 122 valence electrons. The van der Waals surface area contributed by atoms with Crippen LogP contribution in [-0.2, 0) is 4.79 Å². The molecule has 1 aliphatic rings. The second kappa shape index (κ2) is 7.59. The highest BCUT2D eigenvalue weighted by molar-refractivity contribution is 8.00. The summed E-state index contributed by atoms with van der Waals surface area (Å²) in [6.07, 6.45) is 11.7. The van der Waals surface area contributed by atoms with Crippen molar-refractivity contribution in [2.45, 2.75) is 49.4 Å². The van der Waals surface area contributed by atoms with Crippen molar-refractivity contribution < 1.29 is 4.79 Å². The summed E-state index contributed by atoms with van der Waals surface area (Å²) in [5, 5.41) is 7.65. The zero-order chi connectivity index (χ0) is 16.1. The topological polar surface area (TPSA) is 72.2 Å². The van der Waals surface area contributed by atoms with Gasteiger partial charge in [0.1, 0.15) is 0 Å². The van der Waals surface area contributed by atoms with Gasteiger partial charge in [0.2, 0.25) is 11.1 Å². The van der Waals surface area contributed by atoms with Gasteiger partial charge in [-0.15, -0.1) is 5.10 Å². The molecule has 2 heterocycles. The fourth-order valence-electron chi connectivity index (χ4n) is 2.60. The van der Waals surface area contributed by atoms with E-state index in [4.69, 9.17) is 0 Å². The number of thioether (sulfide) groups is 1. The van der Waals surface area contributed by atoms with Gasteiger partial charge in [0.25, 0.3) is 5.78 Å². The van der Waals surface area contributed by atoms with Crippen LogP contribution in [0.25, 0.3) is 5.78 Å². The van der Waals surface area contributed by atoms with Crippen LogP contribution in [0.2, 0.25) is 0 Å². The van der Waals surface area contributed by atoms with Crippen LogP contribution in [-0.4, -0.2) is 37.3 Å². The summed E-state index contributed by atoms with van der Waals surface area (Å²) >= 11 is 1.35. The number of carbonyl (C=O) groups excluding carboxylic acids is 1. The SMILES string of the molecule is CC(Sc1nc2ncccn2n1)C(=O)NCCC1=CCCCC1. The number of nitrogens with one attached hydrogen (secondary N) is 1. The van der Waals surface area contributed by atoms with Gasteiger partial charge in [0.05, 0.1) is 5.25 Å². The smallest absolute Gasteiger partial charge is 0.253 e. The lowest BCUT2D eigenvalue weighted by Crippen LogP contribution is -2.32. The Morgan fingerprint density at radius 1 is 1.48 bits per heavy atom. The number of carbonyl (C=O) groups is 1.